The summed E-state index contributed by atoms with van der Waals surface area (Å²) < 4.78 is 0. The van der Waals surface area contributed by atoms with Gasteiger partial charge in [-0.25, -0.2) is 4.98 Å². The highest BCUT2D eigenvalue weighted by Gasteiger charge is 1.97. The van der Waals surface area contributed by atoms with Crippen molar-refractivity contribution in [1.29, 1.82) is 0 Å². The van der Waals surface area contributed by atoms with Gasteiger partial charge in [0, 0.05) is 23.8 Å². The van der Waals surface area contributed by atoms with E-state index in [9.17, 15) is 0 Å². The summed E-state index contributed by atoms with van der Waals surface area (Å²) in [5.41, 5.74) is 0.730. The number of fused-ring (bicyclic) bond motifs is 1. The Morgan fingerprint density at radius 3 is 3.09 bits per heavy atom. The van der Waals surface area contributed by atoms with Crippen molar-refractivity contribution in [2.45, 2.75) is 0 Å². The fraction of sp³-hybridized carbons (Fsp3) is 0. The zero-order valence-electron chi connectivity index (χ0n) is 5.58. The summed E-state index contributed by atoms with van der Waals surface area (Å²) in [6.45, 7) is 0. The maximum Gasteiger partial charge on any atom is 0.155 e. The summed E-state index contributed by atoms with van der Waals surface area (Å²) in [6, 6.07) is 6.55. The molecule has 0 saturated heterocycles. The molecule has 1 radical (unpaired) electrons. The molecule has 0 saturated carbocycles. The molecule has 0 atom stereocenters. The van der Waals surface area contributed by atoms with Crippen molar-refractivity contribution in [1.82, 2.24) is 9.97 Å². The molecule has 0 aliphatic heterocycles. The molecule has 0 N–H and O–H groups in total. The van der Waals surface area contributed by atoms with Crippen LogP contribution in [0, 0.1) is 6.07 Å². The molecule has 11 heavy (non-hydrogen) atoms. The Labute approximate surface area is 68.9 Å². The van der Waals surface area contributed by atoms with Crippen molar-refractivity contribution in [3.63, 3.8) is 0 Å². The van der Waals surface area contributed by atoms with E-state index in [-0.39, 0.29) is 0 Å². The Morgan fingerprint density at radius 2 is 2.27 bits per heavy atom. The quantitative estimate of drug-likeness (QED) is 0.556. The van der Waals surface area contributed by atoms with Crippen LogP contribution in [0.5, 0.6) is 0 Å². The van der Waals surface area contributed by atoms with Gasteiger partial charge in [-0.15, -0.1) is 0 Å². The van der Waals surface area contributed by atoms with Gasteiger partial charge < -0.3 is 0 Å². The Bertz CT molecular complexity index is 381. The molecule has 0 spiro atoms. The van der Waals surface area contributed by atoms with Crippen molar-refractivity contribution in [2.24, 2.45) is 0 Å². The predicted molar refractivity (Wildman–Crippen MR) is 43.4 cm³/mol. The third-order valence-electron chi connectivity index (χ3n) is 1.42. The summed E-state index contributed by atoms with van der Waals surface area (Å²) in [5, 5.41) is 1.41. The minimum Gasteiger partial charge on any atom is -0.252 e. The molecule has 3 heteroatoms. The normalized spacial score (nSPS) is 10.3. The SMILES string of the molecule is Clc1nccc2c[c]cnc12. The lowest BCUT2D eigenvalue weighted by atomic mass is 10.3. The minimum absolute atomic E-state index is 0.441. The monoisotopic (exact) mass is 163 g/mol. The highest BCUT2D eigenvalue weighted by molar-refractivity contribution is 6.33. The van der Waals surface area contributed by atoms with Gasteiger partial charge >= 0.3 is 0 Å². The van der Waals surface area contributed by atoms with Crippen LogP contribution in [0.4, 0.5) is 0 Å². The molecule has 2 rings (SSSR count). The Morgan fingerprint density at radius 1 is 1.36 bits per heavy atom. The molecule has 2 aromatic heterocycles. The van der Waals surface area contributed by atoms with Gasteiger partial charge in [0.1, 0.15) is 5.52 Å². The van der Waals surface area contributed by atoms with E-state index in [2.05, 4.69) is 16.0 Å². The first-order chi connectivity index (χ1) is 5.38. The van der Waals surface area contributed by atoms with Crippen LogP contribution in [0.2, 0.25) is 5.15 Å². The first kappa shape index (κ1) is 6.55. The summed E-state index contributed by atoms with van der Waals surface area (Å²) in [4.78, 5) is 7.93. The van der Waals surface area contributed by atoms with E-state index < -0.39 is 0 Å². The maximum atomic E-state index is 5.77. The number of aromatic nitrogens is 2. The van der Waals surface area contributed by atoms with Crippen molar-refractivity contribution >= 4 is 22.5 Å². The van der Waals surface area contributed by atoms with Gasteiger partial charge in [-0.2, -0.15) is 0 Å². The molecule has 0 aliphatic rings. The topological polar surface area (TPSA) is 25.8 Å². The summed E-state index contributed by atoms with van der Waals surface area (Å²) in [7, 11) is 0. The van der Waals surface area contributed by atoms with Crippen LogP contribution in [0.3, 0.4) is 0 Å². The number of hydrogen-bond acceptors (Lipinski definition) is 2. The maximum absolute atomic E-state index is 5.77. The van der Waals surface area contributed by atoms with E-state index >= 15 is 0 Å². The van der Waals surface area contributed by atoms with E-state index in [4.69, 9.17) is 11.6 Å². The molecule has 2 aromatic rings. The number of halogens is 1. The molecule has 0 aliphatic carbocycles. The Kier molecular flexibility index (Phi) is 1.47. The lowest BCUT2D eigenvalue weighted by Gasteiger charge is -1.94. The first-order valence-electron chi connectivity index (χ1n) is 3.14. The summed E-state index contributed by atoms with van der Waals surface area (Å²) >= 11 is 5.77. The summed E-state index contributed by atoms with van der Waals surface area (Å²) in [6.07, 6.45) is 3.23. The third kappa shape index (κ3) is 1.05. The van der Waals surface area contributed by atoms with Crippen LogP contribution >= 0.6 is 11.6 Å². The van der Waals surface area contributed by atoms with Crippen molar-refractivity contribution < 1.29 is 0 Å². The van der Waals surface area contributed by atoms with Crippen LogP contribution in [0.1, 0.15) is 0 Å². The van der Waals surface area contributed by atoms with Gasteiger partial charge in [0.25, 0.3) is 0 Å². The van der Waals surface area contributed by atoms with E-state index in [0.717, 1.165) is 10.9 Å². The molecule has 2 heterocycles. The standard InChI is InChI=1S/C8H4ClN2/c9-8-7-6(3-5-11-8)2-1-4-10-7/h2-5H. The fourth-order valence-electron chi connectivity index (χ4n) is 0.915. The van der Waals surface area contributed by atoms with Gasteiger partial charge in [0.15, 0.2) is 5.15 Å². The van der Waals surface area contributed by atoms with Crippen LogP contribution in [0.25, 0.3) is 10.9 Å². The van der Waals surface area contributed by atoms with Crippen LogP contribution in [0.15, 0.2) is 24.5 Å². The highest BCUT2D eigenvalue weighted by Crippen LogP contribution is 2.16. The molecule has 0 fully saturated rings. The minimum atomic E-state index is 0.441. The molecule has 53 valence electrons. The zero-order valence-corrected chi connectivity index (χ0v) is 6.34. The lowest BCUT2D eigenvalue weighted by molar-refractivity contribution is 1.31. The second kappa shape index (κ2) is 2.47. The van der Waals surface area contributed by atoms with Crippen LogP contribution in [-0.4, -0.2) is 9.97 Å². The highest BCUT2D eigenvalue weighted by atomic mass is 35.5. The van der Waals surface area contributed by atoms with Crippen molar-refractivity contribution in [3.8, 4) is 0 Å². The predicted octanol–water partition coefficient (Wildman–Crippen LogP) is 2.08. The Hall–Kier alpha value is -1.15. The molecule has 0 amide bonds. The number of rotatable bonds is 0. The van der Waals surface area contributed by atoms with E-state index in [1.54, 1.807) is 12.4 Å². The smallest absolute Gasteiger partial charge is 0.155 e. The number of nitrogens with zero attached hydrogens (tertiary/aromatic N) is 2. The average molecular weight is 164 g/mol. The first-order valence-corrected chi connectivity index (χ1v) is 3.52. The van der Waals surface area contributed by atoms with Gasteiger partial charge in [0.2, 0.25) is 0 Å². The van der Waals surface area contributed by atoms with Gasteiger partial charge in [0.05, 0.1) is 0 Å². The van der Waals surface area contributed by atoms with E-state index in [0.29, 0.717) is 5.15 Å². The van der Waals surface area contributed by atoms with Crippen molar-refractivity contribution in [2.75, 3.05) is 0 Å². The third-order valence-corrected chi connectivity index (χ3v) is 1.69. The molecule has 2 nitrogen and oxygen atoms in total. The molecule has 0 aromatic carbocycles. The zero-order chi connectivity index (χ0) is 7.68. The molecular formula is C8H4ClN2. The number of hydrogen-bond donors (Lipinski definition) is 0. The van der Waals surface area contributed by atoms with Crippen LogP contribution in [-0.2, 0) is 0 Å². The fourth-order valence-corrected chi connectivity index (χ4v) is 1.13. The van der Waals surface area contributed by atoms with Gasteiger partial charge in [-0.1, -0.05) is 11.6 Å². The largest absolute Gasteiger partial charge is 0.252 e. The van der Waals surface area contributed by atoms with E-state index in [1.165, 1.54) is 0 Å². The van der Waals surface area contributed by atoms with Gasteiger partial charge in [-0.3, -0.25) is 4.98 Å². The van der Waals surface area contributed by atoms with Crippen LogP contribution < -0.4 is 0 Å². The summed E-state index contributed by atoms with van der Waals surface area (Å²) in [5.74, 6) is 0. The van der Waals surface area contributed by atoms with Gasteiger partial charge in [-0.05, 0) is 12.1 Å². The second-order valence-electron chi connectivity index (χ2n) is 2.11. The van der Waals surface area contributed by atoms with Crippen molar-refractivity contribution in [3.05, 3.63) is 35.7 Å². The molecule has 0 unspecified atom stereocenters. The number of pyridine rings is 2. The molecular weight excluding hydrogens is 160 g/mol. The van der Waals surface area contributed by atoms with E-state index in [1.807, 2.05) is 12.1 Å². The lowest BCUT2D eigenvalue weighted by Crippen LogP contribution is -1.81. The second-order valence-corrected chi connectivity index (χ2v) is 2.47. The Balaban J connectivity index is 2.91. The average Bonchev–Trinajstić information content (AvgIpc) is 2.06. The molecule has 0 bridgehead atoms.